The fourth-order valence-electron chi connectivity index (χ4n) is 2.29. The molecule has 0 aliphatic heterocycles. The summed E-state index contributed by atoms with van der Waals surface area (Å²) in [6, 6.07) is 5.58. The molecule has 2 aromatic rings. The summed E-state index contributed by atoms with van der Waals surface area (Å²) in [6.45, 7) is 5.20. The van der Waals surface area contributed by atoms with Crippen LogP contribution in [0.25, 0.3) is 10.9 Å². The monoisotopic (exact) mass is 405 g/mol. The number of carbonyl (C=O) groups is 1. The number of benzene rings is 1. The zero-order valence-corrected chi connectivity index (χ0v) is 15.6. The molecule has 27 heavy (non-hydrogen) atoms. The number of fused-ring (bicyclic) bond motifs is 1. The number of alkyl halides is 3. The lowest BCUT2D eigenvalue weighted by molar-refractivity contribution is -0.154. The summed E-state index contributed by atoms with van der Waals surface area (Å²) in [7, 11) is -5.82. The Hall–Kier alpha value is -2.36. The highest BCUT2D eigenvalue weighted by Crippen LogP contribution is 2.32. The predicted molar refractivity (Wildman–Crippen MR) is 91.5 cm³/mol. The molecule has 1 aromatic heterocycles. The first-order valence-electron chi connectivity index (χ1n) is 7.89. The molecule has 0 atom stereocenters. The first kappa shape index (κ1) is 20.9. The third kappa shape index (κ3) is 5.31. The first-order chi connectivity index (χ1) is 12.3. The number of pyridine rings is 1. The Kier molecular flexibility index (Phi) is 5.69. The molecule has 148 valence electrons. The normalized spacial score (nSPS) is 12.8. The standard InChI is InChI=1S/C17H18F3NO5S/c1-16(2,3)25-14(22)9-7-11-6-8-13(15-12(11)5-4-10-21-15)26-27(23,24)17(18,19)20/h4-6,8,10H,7,9H2,1-3H3. The van der Waals surface area contributed by atoms with Crippen LogP contribution in [0.15, 0.2) is 30.5 Å². The molecular weight excluding hydrogens is 387 g/mol. The Labute approximate surface area is 154 Å². The van der Waals surface area contributed by atoms with Gasteiger partial charge in [-0.3, -0.25) is 9.78 Å². The van der Waals surface area contributed by atoms with Gasteiger partial charge in [0.1, 0.15) is 11.1 Å². The molecule has 0 N–H and O–H groups in total. The number of nitrogens with zero attached hydrogens (tertiary/aromatic N) is 1. The zero-order valence-electron chi connectivity index (χ0n) is 14.8. The van der Waals surface area contributed by atoms with Gasteiger partial charge in [0.2, 0.25) is 0 Å². The molecular formula is C17H18F3NO5S. The molecule has 0 aliphatic rings. The average Bonchev–Trinajstić information content (AvgIpc) is 2.51. The summed E-state index contributed by atoms with van der Waals surface area (Å²) in [5.74, 6) is -0.969. The summed E-state index contributed by atoms with van der Waals surface area (Å²) in [5, 5.41) is 0.385. The van der Waals surface area contributed by atoms with E-state index in [-0.39, 0.29) is 18.4 Å². The zero-order chi connectivity index (χ0) is 20.5. The van der Waals surface area contributed by atoms with Gasteiger partial charge in [0.25, 0.3) is 0 Å². The molecule has 0 bridgehead atoms. The molecule has 1 heterocycles. The third-order valence-electron chi connectivity index (χ3n) is 3.32. The van der Waals surface area contributed by atoms with Crippen molar-refractivity contribution in [3.05, 3.63) is 36.0 Å². The van der Waals surface area contributed by atoms with Gasteiger partial charge in [-0.25, -0.2) is 0 Å². The number of aromatic nitrogens is 1. The van der Waals surface area contributed by atoms with Gasteiger partial charge in [-0.2, -0.15) is 21.6 Å². The molecule has 0 aliphatic carbocycles. The minimum absolute atomic E-state index is 0.0440. The largest absolute Gasteiger partial charge is 0.534 e. The highest BCUT2D eigenvalue weighted by molar-refractivity contribution is 7.88. The fourth-order valence-corrected chi connectivity index (χ4v) is 2.75. The first-order valence-corrected chi connectivity index (χ1v) is 9.30. The third-order valence-corrected chi connectivity index (χ3v) is 4.29. The van der Waals surface area contributed by atoms with E-state index in [1.165, 1.54) is 12.3 Å². The van der Waals surface area contributed by atoms with Crippen LogP contribution in [0.3, 0.4) is 0 Å². The van der Waals surface area contributed by atoms with Gasteiger partial charge in [0.15, 0.2) is 5.75 Å². The minimum Gasteiger partial charge on any atom is -0.460 e. The maximum atomic E-state index is 12.6. The van der Waals surface area contributed by atoms with Gasteiger partial charge >= 0.3 is 21.6 Å². The van der Waals surface area contributed by atoms with Crippen molar-refractivity contribution in [3.8, 4) is 5.75 Å². The molecule has 0 amide bonds. The summed E-state index contributed by atoms with van der Waals surface area (Å²) < 4.78 is 69.6. The number of hydrogen-bond acceptors (Lipinski definition) is 6. The number of carbonyl (C=O) groups excluding carboxylic acids is 1. The lowest BCUT2D eigenvalue weighted by Crippen LogP contribution is -2.28. The van der Waals surface area contributed by atoms with Crippen LogP contribution >= 0.6 is 0 Å². The second-order valence-electron chi connectivity index (χ2n) is 6.69. The van der Waals surface area contributed by atoms with Crippen molar-refractivity contribution in [2.24, 2.45) is 0 Å². The number of ether oxygens (including phenoxy) is 1. The Morgan fingerprint density at radius 2 is 1.81 bits per heavy atom. The van der Waals surface area contributed by atoms with E-state index >= 15 is 0 Å². The van der Waals surface area contributed by atoms with Gasteiger partial charge in [-0.05, 0) is 44.9 Å². The van der Waals surface area contributed by atoms with Crippen molar-refractivity contribution < 1.29 is 35.3 Å². The van der Waals surface area contributed by atoms with Crippen molar-refractivity contribution in [1.82, 2.24) is 4.98 Å². The van der Waals surface area contributed by atoms with Crippen LogP contribution in [0.5, 0.6) is 5.75 Å². The van der Waals surface area contributed by atoms with E-state index in [1.54, 1.807) is 32.9 Å². The second-order valence-corrected chi connectivity index (χ2v) is 8.23. The lowest BCUT2D eigenvalue weighted by Gasteiger charge is -2.19. The Bertz CT molecular complexity index is 949. The lowest BCUT2D eigenvalue weighted by atomic mass is 10.0. The van der Waals surface area contributed by atoms with Crippen molar-refractivity contribution in [2.45, 2.75) is 44.7 Å². The number of esters is 1. The van der Waals surface area contributed by atoms with Gasteiger partial charge < -0.3 is 8.92 Å². The van der Waals surface area contributed by atoms with E-state index in [0.717, 1.165) is 6.07 Å². The van der Waals surface area contributed by atoms with Gasteiger partial charge in [0, 0.05) is 18.0 Å². The van der Waals surface area contributed by atoms with Crippen LogP contribution in [0.2, 0.25) is 0 Å². The summed E-state index contributed by atoms with van der Waals surface area (Å²) in [5.41, 5.74) is -5.64. The fraction of sp³-hybridized carbons (Fsp3) is 0.412. The van der Waals surface area contributed by atoms with Crippen LogP contribution in [-0.2, 0) is 26.1 Å². The topological polar surface area (TPSA) is 82.6 Å². The Morgan fingerprint density at radius 3 is 2.41 bits per heavy atom. The van der Waals surface area contributed by atoms with Gasteiger partial charge in [0.05, 0.1) is 0 Å². The van der Waals surface area contributed by atoms with Crippen molar-refractivity contribution >= 4 is 27.0 Å². The molecule has 0 unspecified atom stereocenters. The summed E-state index contributed by atoms with van der Waals surface area (Å²) >= 11 is 0. The number of hydrogen-bond donors (Lipinski definition) is 0. The van der Waals surface area contributed by atoms with Crippen LogP contribution in [-0.4, -0.2) is 30.5 Å². The second kappa shape index (κ2) is 7.34. The van der Waals surface area contributed by atoms with E-state index in [0.29, 0.717) is 10.9 Å². The quantitative estimate of drug-likeness (QED) is 0.428. The van der Waals surface area contributed by atoms with Crippen molar-refractivity contribution in [3.63, 3.8) is 0 Å². The van der Waals surface area contributed by atoms with Crippen LogP contribution in [0.4, 0.5) is 13.2 Å². The highest BCUT2D eigenvalue weighted by atomic mass is 32.2. The summed E-state index contributed by atoms with van der Waals surface area (Å²) in [4.78, 5) is 15.8. The minimum atomic E-state index is -5.82. The molecule has 10 heteroatoms. The number of halogens is 3. The number of aryl methyl sites for hydroxylation is 1. The molecule has 0 saturated heterocycles. The van der Waals surface area contributed by atoms with Crippen molar-refractivity contribution in [1.29, 1.82) is 0 Å². The van der Waals surface area contributed by atoms with Crippen molar-refractivity contribution in [2.75, 3.05) is 0 Å². The van der Waals surface area contributed by atoms with E-state index in [4.69, 9.17) is 4.74 Å². The van der Waals surface area contributed by atoms with Crippen LogP contribution in [0, 0.1) is 0 Å². The van der Waals surface area contributed by atoms with E-state index in [2.05, 4.69) is 9.17 Å². The smallest absolute Gasteiger partial charge is 0.460 e. The molecule has 0 saturated carbocycles. The SMILES string of the molecule is CC(C)(C)OC(=O)CCc1ccc(OS(=O)(=O)C(F)(F)F)c2ncccc12. The maximum absolute atomic E-state index is 12.6. The van der Waals surface area contributed by atoms with E-state index in [1.807, 2.05) is 0 Å². The number of rotatable bonds is 5. The van der Waals surface area contributed by atoms with E-state index in [9.17, 15) is 26.4 Å². The predicted octanol–water partition coefficient (Wildman–Crippen LogP) is 3.74. The molecule has 0 radical (unpaired) electrons. The van der Waals surface area contributed by atoms with Crippen LogP contribution in [0.1, 0.15) is 32.8 Å². The molecule has 6 nitrogen and oxygen atoms in total. The van der Waals surface area contributed by atoms with Crippen LogP contribution < -0.4 is 4.18 Å². The average molecular weight is 405 g/mol. The molecule has 0 spiro atoms. The Morgan fingerprint density at radius 1 is 1.15 bits per heavy atom. The Balaban J connectivity index is 2.31. The highest BCUT2D eigenvalue weighted by Gasteiger charge is 2.48. The molecule has 2 rings (SSSR count). The van der Waals surface area contributed by atoms with Gasteiger partial charge in [-0.15, -0.1) is 0 Å². The molecule has 0 fully saturated rings. The molecule has 1 aromatic carbocycles. The summed E-state index contributed by atoms with van der Waals surface area (Å²) in [6.07, 6.45) is 1.58. The van der Waals surface area contributed by atoms with E-state index < -0.39 is 32.9 Å². The van der Waals surface area contributed by atoms with Gasteiger partial charge in [-0.1, -0.05) is 12.1 Å². The maximum Gasteiger partial charge on any atom is 0.534 e.